The summed E-state index contributed by atoms with van der Waals surface area (Å²) in [6.07, 6.45) is 1.76. The Morgan fingerprint density at radius 1 is 1.21 bits per heavy atom. The third-order valence-electron chi connectivity index (χ3n) is 4.89. The molecule has 0 aliphatic carbocycles. The monoisotopic (exact) mass is 444 g/mol. The van der Waals surface area contributed by atoms with Crippen molar-refractivity contribution in [3.8, 4) is 5.75 Å². The van der Waals surface area contributed by atoms with Crippen molar-refractivity contribution in [3.05, 3.63) is 51.5 Å². The van der Waals surface area contributed by atoms with E-state index < -0.39 is 0 Å². The number of hydrogen-bond donors (Lipinski definition) is 1. The molecule has 0 bridgehead atoms. The third-order valence-corrected chi connectivity index (χ3v) is 5.34. The number of fused-ring (bicyclic) bond motifs is 1. The lowest BCUT2D eigenvalue weighted by Gasteiger charge is -2.19. The number of ether oxygens (including phenoxy) is 1. The SMILES string of the molecule is CC(=O)N1CCc2cc(Br)cc(NC(=O)CCCOc3c(C)cccc3C)c21. The van der Waals surface area contributed by atoms with Gasteiger partial charge in [0, 0.05) is 24.4 Å². The van der Waals surface area contributed by atoms with Crippen molar-refractivity contribution in [1.82, 2.24) is 0 Å². The van der Waals surface area contributed by atoms with E-state index in [2.05, 4.69) is 21.2 Å². The van der Waals surface area contributed by atoms with Gasteiger partial charge in [-0.1, -0.05) is 34.1 Å². The summed E-state index contributed by atoms with van der Waals surface area (Å²) < 4.78 is 6.76. The fourth-order valence-corrected chi connectivity index (χ4v) is 4.07. The molecule has 0 radical (unpaired) electrons. The van der Waals surface area contributed by atoms with E-state index in [-0.39, 0.29) is 11.8 Å². The molecular formula is C22H25BrN2O3. The number of carbonyl (C=O) groups excluding carboxylic acids is 2. The van der Waals surface area contributed by atoms with Gasteiger partial charge in [-0.2, -0.15) is 0 Å². The van der Waals surface area contributed by atoms with E-state index in [0.29, 0.717) is 31.7 Å². The Balaban J connectivity index is 1.59. The first-order chi connectivity index (χ1) is 13.4. The number of amides is 2. The molecule has 0 spiro atoms. The maximum Gasteiger partial charge on any atom is 0.224 e. The number of carbonyl (C=O) groups is 2. The molecule has 148 valence electrons. The Labute approximate surface area is 174 Å². The van der Waals surface area contributed by atoms with Gasteiger partial charge in [-0.05, 0) is 55.5 Å². The van der Waals surface area contributed by atoms with Crippen molar-refractivity contribution in [2.45, 2.75) is 40.0 Å². The molecule has 0 atom stereocenters. The van der Waals surface area contributed by atoms with Gasteiger partial charge in [0.2, 0.25) is 11.8 Å². The smallest absolute Gasteiger partial charge is 0.224 e. The number of halogens is 1. The zero-order valence-corrected chi connectivity index (χ0v) is 18.1. The van der Waals surface area contributed by atoms with Gasteiger partial charge in [0.1, 0.15) is 5.75 Å². The van der Waals surface area contributed by atoms with E-state index in [0.717, 1.165) is 39.0 Å². The number of nitrogens with zero attached hydrogens (tertiary/aromatic N) is 1. The van der Waals surface area contributed by atoms with Gasteiger partial charge < -0.3 is 15.0 Å². The Morgan fingerprint density at radius 2 is 1.93 bits per heavy atom. The number of benzene rings is 2. The molecule has 2 aromatic rings. The van der Waals surface area contributed by atoms with Gasteiger partial charge in [0.25, 0.3) is 0 Å². The van der Waals surface area contributed by atoms with Crippen LogP contribution in [0.25, 0.3) is 0 Å². The number of nitrogens with one attached hydrogen (secondary N) is 1. The molecule has 0 unspecified atom stereocenters. The van der Waals surface area contributed by atoms with Crippen molar-refractivity contribution >= 4 is 39.1 Å². The second-order valence-electron chi connectivity index (χ2n) is 7.10. The first-order valence-electron chi connectivity index (χ1n) is 9.46. The fraction of sp³-hybridized carbons (Fsp3) is 0.364. The zero-order chi connectivity index (χ0) is 20.3. The van der Waals surface area contributed by atoms with Crippen molar-refractivity contribution in [2.24, 2.45) is 0 Å². The van der Waals surface area contributed by atoms with Crippen LogP contribution in [0.2, 0.25) is 0 Å². The maximum absolute atomic E-state index is 12.5. The number of anilines is 2. The summed E-state index contributed by atoms with van der Waals surface area (Å²) in [7, 11) is 0. The van der Waals surface area contributed by atoms with E-state index in [1.54, 1.807) is 11.8 Å². The third kappa shape index (κ3) is 4.55. The number of rotatable bonds is 6. The second-order valence-corrected chi connectivity index (χ2v) is 8.02. The summed E-state index contributed by atoms with van der Waals surface area (Å²) in [5.41, 5.74) is 4.75. The topological polar surface area (TPSA) is 58.6 Å². The average molecular weight is 445 g/mol. The molecule has 0 fully saturated rings. The van der Waals surface area contributed by atoms with Crippen molar-refractivity contribution in [1.29, 1.82) is 0 Å². The predicted octanol–water partition coefficient (Wildman–Crippen LogP) is 4.77. The quantitative estimate of drug-likeness (QED) is 0.652. The second kappa shape index (κ2) is 8.78. The van der Waals surface area contributed by atoms with Gasteiger partial charge in [0.05, 0.1) is 18.0 Å². The molecule has 5 nitrogen and oxygen atoms in total. The Hall–Kier alpha value is -2.34. The lowest BCUT2D eigenvalue weighted by molar-refractivity contribution is -0.117. The Kier molecular flexibility index (Phi) is 6.39. The maximum atomic E-state index is 12.5. The van der Waals surface area contributed by atoms with Crippen molar-refractivity contribution in [2.75, 3.05) is 23.4 Å². The fourth-order valence-electron chi connectivity index (χ4n) is 3.57. The standard InChI is InChI=1S/C22H25BrN2O3/c1-14-6-4-7-15(2)22(14)28-11-5-8-20(27)24-19-13-18(23)12-17-9-10-25(16(3)26)21(17)19/h4,6-7,12-13H,5,8-11H2,1-3H3,(H,24,27). The van der Waals surface area contributed by atoms with Crippen LogP contribution in [0.5, 0.6) is 5.75 Å². The number of aryl methyl sites for hydroxylation is 2. The molecule has 1 aliphatic heterocycles. The average Bonchev–Trinajstić information content (AvgIpc) is 3.05. The van der Waals surface area contributed by atoms with Crippen molar-refractivity contribution < 1.29 is 14.3 Å². The van der Waals surface area contributed by atoms with Crippen LogP contribution in [0.15, 0.2) is 34.8 Å². The summed E-state index contributed by atoms with van der Waals surface area (Å²) in [5, 5.41) is 2.97. The highest BCUT2D eigenvalue weighted by Crippen LogP contribution is 2.38. The Bertz CT molecular complexity index is 891. The highest BCUT2D eigenvalue weighted by atomic mass is 79.9. The highest BCUT2D eigenvalue weighted by Gasteiger charge is 2.26. The van der Waals surface area contributed by atoms with Crippen molar-refractivity contribution in [3.63, 3.8) is 0 Å². The minimum Gasteiger partial charge on any atom is -0.493 e. The summed E-state index contributed by atoms with van der Waals surface area (Å²) in [4.78, 5) is 26.1. The molecule has 0 aromatic heterocycles. The zero-order valence-electron chi connectivity index (χ0n) is 16.5. The van der Waals surface area contributed by atoms with Crippen LogP contribution in [0.4, 0.5) is 11.4 Å². The predicted molar refractivity (Wildman–Crippen MR) is 115 cm³/mol. The van der Waals surface area contributed by atoms with E-state index in [1.807, 2.05) is 44.2 Å². The number of para-hydroxylation sites is 1. The Morgan fingerprint density at radius 3 is 2.61 bits per heavy atom. The first-order valence-corrected chi connectivity index (χ1v) is 10.3. The molecule has 0 saturated heterocycles. The molecule has 1 aliphatic rings. The molecule has 1 heterocycles. The summed E-state index contributed by atoms with van der Waals surface area (Å²) in [6, 6.07) is 9.90. The first kappa shape index (κ1) is 20.4. The molecule has 28 heavy (non-hydrogen) atoms. The van der Waals surface area contributed by atoms with Crippen LogP contribution >= 0.6 is 15.9 Å². The van der Waals surface area contributed by atoms with Crippen LogP contribution in [-0.2, 0) is 16.0 Å². The number of hydrogen-bond acceptors (Lipinski definition) is 3. The largest absolute Gasteiger partial charge is 0.493 e. The van der Waals surface area contributed by atoms with Crippen LogP contribution in [0.1, 0.15) is 36.5 Å². The van der Waals surface area contributed by atoms with E-state index in [1.165, 1.54) is 0 Å². The van der Waals surface area contributed by atoms with Crippen LogP contribution in [0, 0.1) is 13.8 Å². The van der Waals surface area contributed by atoms with E-state index in [4.69, 9.17) is 4.74 Å². The van der Waals surface area contributed by atoms with Gasteiger partial charge in [0.15, 0.2) is 0 Å². The van der Waals surface area contributed by atoms with Gasteiger partial charge >= 0.3 is 0 Å². The molecule has 3 rings (SSSR count). The van der Waals surface area contributed by atoms with E-state index in [9.17, 15) is 9.59 Å². The van der Waals surface area contributed by atoms with Gasteiger partial charge in [-0.25, -0.2) is 0 Å². The van der Waals surface area contributed by atoms with Crippen LogP contribution in [0.3, 0.4) is 0 Å². The van der Waals surface area contributed by atoms with E-state index >= 15 is 0 Å². The minimum atomic E-state index is -0.0826. The van der Waals surface area contributed by atoms with Gasteiger partial charge in [-0.3, -0.25) is 9.59 Å². The molecule has 2 amide bonds. The molecular weight excluding hydrogens is 420 g/mol. The summed E-state index contributed by atoms with van der Waals surface area (Å²) in [6.45, 7) is 6.71. The lowest BCUT2D eigenvalue weighted by Crippen LogP contribution is -2.27. The summed E-state index contributed by atoms with van der Waals surface area (Å²) in [5.74, 6) is 0.796. The summed E-state index contributed by atoms with van der Waals surface area (Å²) >= 11 is 3.49. The van der Waals surface area contributed by atoms with Crippen LogP contribution < -0.4 is 15.0 Å². The normalized spacial score (nSPS) is 12.6. The molecule has 0 saturated carbocycles. The highest BCUT2D eigenvalue weighted by molar-refractivity contribution is 9.10. The molecule has 6 heteroatoms. The molecule has 2 aromatic carbocycles. The van der Waals surface area contributed by atoms with Gasteiger partial charge in [-0.15, -0.1) is 0 Å². The lowest BCUT2D eigenvalue weighted by atomic mass is 10.1. The minimum absolute atomic E-state index is 0.0152. The molecule has 1 N–H and O–H groups in total. The van der Waals surface area contributed by atoms with Crippen LogP contribution in [-0.4, -0.2) is 25.0 Å².